The molecule has 1 aromatic carbocycles. The molecule has 0 saturated carbocycles. The molecule has 2 heterocycles. The van der Waals surface area contributed by atoms with Crippen molar-refractivity contribution in [2.75, 3.05) is 24.6 Å². The summed E-state index contributed by atoms with van der Waals surface area (Å²) in [4.78, 5) is 31.2. The number of rotatable bonds is 3. The first-order valence-corrected chi connectivity index (χ1v) is 8.23. The number of carboxylic acid groups (broad SMARTS) is 1. The summed E-state index contributed by atoms with van der Waals surface area (Å²) in [5, 5.41) is 11.2. The Morgan fingerprint density at radius 3 is 2.54 bits per heavy atom. The van der Waals surface area contributed by atoms with Crippen molar-refractivity contribution in [2.24, 2.45) is 0 Å². The molecule has 1 aromatic heterocycles. The fourth-order valence-corrected chi connectivity index (χ4v) is 3.28. The SMILES string of the molecule is CCOC(=O)N1C[C@H](C)N(c2nc3c(C(=O)[O-])cccc3o2)[C@@H](C)C1.[Li+]. The molecule has 8 nitrogen and oxygen atoms in total. The number of piperazine rings is 1. The van der Waals surface area contributed by atoms with Gasteiger partial charge in [-0.3, -0.25) is 0 Å². The molecule has 2 aromatic rings. The van der Waals surface area contributed by atoms with Gasteiger partial charge in [-0.15, -0.1) is 0 Å². The number of fused-ring (bicyclic) bond motifs is 1. The summed E-state index contributed by atoms with van der Waals surface area (Å²) in [6.45, 7) is 6.95. The Kier molecular flexibility index (Phi) is 6.21. The molecule has 3 rings (SSSR count). The van der Waals surface area contributed by atoms with E-state index in [0.29, 0.717) is 31.3 Å². The van der Waals surface area contributed by atoms with E-state index in [1.165, 1.54) is 6.07 Å². The molecule has 0 spiro atoms. The van der Waals surface area contributed by atoms with E-state index in [0.717, 1.165) is 0 Å². The number of hydrogen-bond acceptors (Lipinski definition) is 7. The molecule has 1 saturated heterocycles. The minimum absolute atomic E-state index is 0. The number of carbonyl (C=O) groups is 2. The second-order valence-electron chi connectivity index (χ2n) is 6.15. The fourth-order valence-electron chi connectivity index (χ4n) is 3.28. The van der Waals surface area contributed by atoms with E-state index in [1.54, 1.807) is 24.0 Å². The largest absolute Gasteiger partial charge is 1.00 e. The Balaban J connectivity index is 0.00000243. The van der Waals surface area contributed by atoms with Crippen LogP contribution in [0.2, 0.25) is 0 Å². The Bertz CT molecular complexity index is 797. The van der Waals surface area contributed by atoms with Crippen molar-refractivity contribution < 1.29 is 42.7 Å². The first kappa shape index (κ1) is 20.1. The van der Waals surface area contributed by atoms with E-state index in [2.05, 4.69) is 4.98 Å². The predicted molar refractivity (Wildman–Crippen MR) is 88.3 cm³/mol. The van der Waals surface area contributed by atoms with Crippen LogP contribution in [-0.4, -0.2) is 53.7 Å². The molecule has 1 aliphatic rings. The average Bonchev–Trinajstić information content (AvgIpc) is 2.97. The van der Waals surface area contributed by atoms with Crippen LogP contribution >= 0.6 is 0 Å². The van der Waals surface area contributed by atoms with Gasteiger partial charge in [0.15, 0.2) is 5.58 Å². The number of carbonyl (C=O) groups excluding carboxylic acids is 2. The van der Waals surface area contributed by atoms with E-state index >= 15 is 0 Å². The van der Waals surface area contributed by atoms with Crippen LogP contribution in [0, 0.1) is 0 Å². The third kappa shape index (κ3) is 3.67. The van der Waals surface area contributed by atoms with Crippen molar-refractivity contribution >= 4 is 29.2 Å². The maximum atomic E-state index is 12.0. The zero-order valence-corrected chi connectivity index (χ0v) is 15.4. The van der Waals surface area contributed by atoms with Crippen molar-refractivity contribution in [1.29, 1.82) is 0 Å². The molecular weight excluding hydrogens is 333 g/mol. The number of anilines is 1. The number of nitrogens with zero attached hydrogens (tertiary/aromatic N) is 3. The van der Waals surface area contributed by atoms with E-state index in [-0.39, 0.29) is 48.1 Å². The zero-order chi connectivity index (χ0) is 18.1. The molecule has 0 bridgehead atoms. The Labute approximate surface area is 163 Å². The number of para-hydroxylation sites is 1. The van der Waals surface area contributed by atoms with Gasteiger partial charge in [0.05, 0.1) is 12.6 Å². The van der Waals surface area contributed by atoms with E-state index in [4.69, 9.17) is 9.15 Å². The third-order valence-electron chi connectivity index (χ3n) is 4.29. The van der Waals surface area contributed by atoms with Crippen molar-refractivity contribution in [2.45, 2.75) is 32.9 Å². The monoisotopic (exact) mass is 353 g/mol. The molecule has 0 N–H and O–H groups in total. The fraction of sp³-hybridized carbons (Fsp3) is 0.471. The summed E-state index contributed by atoms with van der Waals surface area (Å²) in [6, 6.07) is 4.92. The van der Waals surface area contributed by atoms with Gasteiger partial charge in [-0.05, 0) is 26.8 Å². The molecule has 9 heteroatoms. The minimum Gasteiger partial charge on any atom is -0.545 e. The Morgan fingerprint density at radius 2 is 1.96 bits per heavy atom. The number of oxazole rings is 1. The van der Waals surface area contributed by atoms with Crippen molar-refractivity contribution in [3.63, 3.8) is 0 Å². The number of carboxylic acids is 1. The van der Waals surface area contributed by atoms with Gasteiger partial charge in [-0.25, -0.2) is 4.79 Å². The standard InChI is InChI=1S/C17H21N3O5.Li/c1-4-24-17(23)19-8-10(2)20(11(3)9-19)16-18-14-12(15(21)22)6-5-7-13(14)25-16;/h5-7,10-11H,4,8-9H2,1-3H3,(H,21,22);/q;+1/p-1/t10-,11-;/m0./s1. The first-order valence-electron chi connectivity index (χ1n) is 8.23. The van der Waals surface area contributed by atoms with Crippen molar-refractivity contribution in [3.05, 3.63) is 23.8 Å². The summed E-state index contributed by atoms with van der Waals surface area (Å²) in [5.41, 5.74) is 0.659. The van der Waals surface area contributed by atoms with Crippen LogP contribution in [0.25, 0.3) is 11.1 Å². The second kappa shape index (κ2) is 8.02. The van der Waals surface area contributed by atoms with Gasteiger partial charge in [0.1, 0.15) is 5.52 Å². The molecule has 0 unspecified atom stereocenters. The predicted octanol–water partition coefficient (Wildman–Crippen LogP) is -1.75. The Hall–Kier alpha value is -2.17. The molecule has 0 aliphatic carbocycles. The van der Waals surface area contributed by atoms with Crippen molar-refractivity contribution in [1.82, 2.24) is 9.88 Å². The van der Waals surface area contributed by atoms with Crippen LogP contribution in [0.1, 0.15) is 31.1 Å². The molecular formula is C17H20LiN3O5. The molecule has 1 aliphatic heterocycles. The van der Waals surface area contributed by atoms with Crippen LogP contribution < -0.4 is 28.9 Å². The van der Waals surface area contributed by atoms with Crippen LogP contribution in [0.3, 0.4) is 0 Å². The van der Waals surface area contributed by atoms with Gasteiger partial charge >= 0.3 is 25.0 Å². The summed E-state index contributed by atoms with van der Waals surface area (Å²) >= 11 is 0. The number of hydrogen-bond donors (Lipinski definition) is 0. The smallest absolute Gasteiger partial charge is 0.545 e. The molecule has 1 amide bonds. The topological polar surface area (TPSA) is 98.9 Å². The number of ether oxygens (including phenoxy) is 1. The number of amides is 1. The maximum Gasteiger partial charge on any atom is 1.00 e. The summed E-state index contributed by atoms with van der Waals surface area (Å²) in [7, 11) is 0. The summed E-state index contributed by atoms with van der Waals surface area (Å²) in [6.07, 6.45) is -0.336. The maximum absolute atomic E-state index is 12.0. The molecule has 0 radical (unpaired) electrons. The molecule has 2 atom stereocenters. The quantitative estimate of drug-likeness (QED) is 0.604. The molecule has 1 fully saturated rings. The summed E-state index contributed by atoms with van der Waals surface area (Å²) < 4.78 is 10.8. The summed E-state index contributed by atoms with van der Waals surface area (Å²) in [5.74, 6) is -1.29. The molecule has 26 heavy (non-hydrogen) atoms. The average molecular weight is 353 g/mol. The number of benzene rings is 1. The van der Waals surface area contributed by atoms with Crippen LogP contribution in [0.15, 0.2) is 22.6 Å². The van der Waals surface area contributed by atoms with E-state index in [9.17, 15) is 14.7 Å². The normalized spacial score (nSPS) is 20.0. The van der Waals surface area contributed by atoms with E-state index < -0.39 is 5.97 Å². The zero-order valence-electron chi connectivity index (χ0n) is 15.4. The number of aromatic nitrogens is 1. The van der Waals surface area contributed by atoms with Gasteiger partial charge in [0.2, 0.25) is 0 Å². The van der Waals surface area contributed by atoms with Gasteiger partial charge in [-0.1, -0.05) is 12.1 Å². The van der Waals surface area contributed by atoms with Gasteiger partial charge < -0.3 is 28.9 Å². The van der Waals surface area contributed by atoms with Gasteiger partial charge in [0.25, 0.3) is 6.01 Å². The Morgan fingerprint density at radius 1 is 1.31 bits per heavy atom. The third-order valence-corrected chi connectivity index (χ3v) is 4.29. The van der Waals surface area contributed by atoms with Crippen LogP contribution in [-0.2, 0) is 4.74 Å². The van der Waals surface area contributed by atoms with Crippen LogP contribution in [0.4, 0.5) is 10.8 Å². The van der Waals surface area contributed by atoms with Gasteiger partial charge in [-0.2, -0.15) is 4.98 Å². The van der Waals surface area contributed by atoms with Crippen LogP contribution in [0.5, 0.6) is 0 Å². The second-order valence-corrected chi connectivity index (χ2v) is 6.15. The number of aromatic carboxylic acids is 1. The van der Waals surface area contributed by atoms with Gasteiger partial charge in [0, 0.05) is 30.7 Å². The van der Waals surface area contributed by atoms with Crippen molar-refractivity contribution in [3.8, 4) is 0 Å². The minimum atomic E-state index is -1.29. The molecule has 134 valence electrons. The van der Waals surface area contributed by atoms with E-state index in [1.807, 2.05) is 18.7 Å². The first-order chi connectivity index (χ1) is 11.9.